The number of carbonyl (C=O) groups excluding carboxylic acids is 2. The molecule has 0 saturated heterocycles. The maximum absolute atomic E-state index is 12.4. The minimum Gasteiger partial charge on any atom is -0.369 e. The first-order valence-electron chi connectivity index (χ1n) is 6.87. The van der Waals surface area contributed by atoms with Gasteiger partial charge in [-0.3, -0.25) is 9.59 Å². The van der Waals surface area contributed by atoms with Crippen LogP contribution < -0.4 is 10.6 Å². The van der Waals surface area contributed by atoms with Gasteiger partial charge in [0.25, 0.3) is 5.91 Å². The van der Waals surface area contributed by atoms with Crippen molar-refractivity contribution in [2.24, 2.45) is 5.73 Å². The Kier molecular flexibility index (Phi) is 3.22. The Labute approximate surface area is 123 Å². The van der Waals surface area contributed by atoms with E-state index in [9.17, 15) is 9.59 Å². The minimum absolute atomic E-state index is 0.0151. The third-order valence-corrected chi connectivity index (χ3v) is 3.95. The van der Waals surface area contributed by atoms with E-state index in [1.54, 1.807) is 11.8 Å². The first-order chi connectivity index (χ1) is 10.1. The second-order valence-electron chi connectivity index (χ2n) is 5.26. The Morgan fingerprint density at radius 1 is 1.14 bits per heavy atom. The largest absolute Gasteiger partial charge is 0.369 e. The lowest BCUT2D eigenvalue weighted by Crippen LogP contribution is -2.23. The first-order valence-corrected chi connectivity index (χ1v) is 6.87. The molecular weight excluding hydrogens is 264 g/mol. The zero-order valence-corrected chi connectivity index (χ0v) is 11.7. The molecule has 2 aromatic carbocycles. The van der Waals surface area contributed by atoms with Gasteiger partial charge in [-0.1, -0.05) is 30.3 Å². The van der Waals surface area contributed by atoms with Crippen molar-refractivity contribution in [3.05, 3.63) is 65.2 Å². The Morgan fingerprint density at radius 3 is 2.43 bits per heavy atom. The number of nitrogens with zero attached hydrogens (tertiary/aromatic N) is 1. The molecule has 3 rings (SSSR count). The molecule has 0 saturated carbocycles. The monoisotopic (exact) mass is 280 g/mol. The summed E-state index contributed by atoms with van der Waals surface area (Å²) < 4.78 is 0. The average Bonchev–Trinajstić information content (AvgIpc) is 2.84. The summed E-state index contributed by atoms with van der Waals surface area (Å²) in [5, 5.41) is 0. The van der Waals surface area contributed by atoms with Gasteiger partial charge in [0.1, 0.15) is 0 Å². The second-order valence-corrected chi connectivity index (χ2v) is 5.26. The summed E-state index contributed by atoms with van der Waals surface area (Å²) in [6.07, 6.45) is 0. The lowest BCUT2D eigenvalue weighted by molar-refractivity contribution is -0.119. The maximum Gasteiger partial charge on any atom is 0.258 e. The fourth-order valence-corrected chi connectivity index (χ4v) is 2.57. The van der Waals surface area contributed by atoms with E-state index in [1.165, 1.54) is 0 Å². The summed E-state index contributed by atoms with van der Waals surface area (Å²) in [4.78, 5) is 25.3. The predicted molar refractivity (Wildman–Crippen MR) is 81.0 cm³/mol. The first kappa shape index (κ1) is 13.4. The van der Waals surface area contributed by atoms with Gasteiger partial charge >= 0.3 is 0 Å². The van der Waals surface area contributed by atoms with E-state index < -0.39 is 0 Å². The van der Waals surface area contributed by atoms with Crippen LogP contribution in [0.4, 0.5) is 5.69 Å². The highest BCUT2D eigenvalue weighted by Crippen LogP contribution is 2.29. The van der Waals surface area contributed by atoms with Crippen molar-refractivity contribution in [3.63, 3.8) is 0 Å². The number of primary amides is 1. The molecule has 0 unspecified atom stereocenters. The number of rotatable bonds is 3. The SMILES string of the molecule is C[C@H](C(N)=O)c1ccc(N2Cc3ccccc3C2=O)cc1. The van der Waals surface area contributed by atoms with Crippen molar-refractivity contribution in [1.82, 2.24) is 0 Å². The van der Waals surface area contributed by atoms with Crippen LogP contribution in [0, 0.1) is 0 Å². The Balaban J connectivity index is 1.87. The molecule has 4 nitrogen and oxygen atoms in total. The number of carbonyl (C=O) groups is 2. The number of fused-ring (bicyclic) bond motifs is 1. The number of nitrogens with two attached hydrogens (primary N) is 1. The van der Waals surface area contributed by atoms with E-state index in [4.69, 9.17) is 5.73 Å². The third kappa shape index (κ3) is 2.29. The molecule has 1 aliphatic heterocycles. The highest BCUT2D eigenvalue weighted by atomic mass is 16.2. The van der Waals surface area contributed by atoms with Crippen molar-refractivity contribution in [1.29, 1.82) is 0 Å². The van der Waals surface area contributed by atoms with Crippen LogP contribution in [0.5, 0.6) is 0 Å². The summed E-state index contributed by atoms with van der Waals surface area (Å²) in [7, 11) is 0. The second kappa shape index (κ2) is 5.05. The molecule has 0 aromatic heterocycles. The van der Waals surface area contributed by atoms with Crippen LogP contribution >= 0.6 is 0 Å². The van der Waals surface area contributed by atoms with E-state index in [2.05, 4.69) is 0 Å². The lowest BCUT2D eigenvalue weighted by Gasteiger charge is -2.17. The number of hydrogen-bond acceptors (Lipinski definition) is 2. The van der Waals surface area contributed by atoms with Crippen molar-refractivity contribution >= 4 is 17.5 Å². The lowest BCUT2D eigenvalue weighted by atomic mass is 10.0. The quantitative estimate of drug-likeness (QED) is 0.938. The van der Waals surface area contributed by atoms with Gasteiger partial charge in [0, 0.05) is 11.3 Å². The van der Waals surface area contributed by atoms with Crippen LogP contribution in [0.25, 0.3) is 0 Å². The number of anilines is 1. The predicted octanol–water partition coefficient (Wildman–Crippen LogP) is 2.44. The van der Waals surface area contributed by atoms with E-state index >= 15 is 0 Å². The Morgan fingerprint density at radius 2 is 1.81 bits per heavy atom. The van der Waals surface area contributed by atoms with Gasteiger partial charge in [0.15, 0.2) is 0 Å². The third-order valence-electron chi connectivity index (χ3n) is 3.95. The molecule has 0 radical (unpaired) electrons. The van der Waals surface area contributed by atoms with Crippen LogP contribution in [0.15, 0.2) is 48.5 Å². The minimum atomic E-state index is -0.354. The molecule has 1 aliphatic rings. The highest BCUT2D eigenvalue weighted by Gasteiger charge is 2.27. The molecule has 106 valence electrons. The van der Waals surface area contributed by atoms with E-state index in [0.717, 1.165) is 22.4 Å². The van der Waals surface area contributed by atoms with E-state index in [1.807, 2.05) is 48.5 Å². The number of hydrogen-bond donors (Lipinski definition) is 1. The molecule has 2 amide bonds. The molecule has 0 spiro atoms. The smallest absolute Gasteiger partial charge is 0.258 e. The molecule has 2 aromatic rings. The maximum atomic E-state index is 12.4. The summed E-state index contributed by atoms with van der Waals surface area (Å²) in [6.45, 7) is 2.36. The van der Waals surface area contributed by atoms with Crippen molar-refractivity contribution < 1.29 is 9.59 Å². The van der Waals surface area contributed by atoms with E-state index in [-0.39, 0.29) is 17.7 Å². The number of amides is 2. The van der Waals surface area contributed by atoms with Gasteiger partial charge < -0.3 is 10.6 Å². The molecule has 0 fully saturated rings. The molecule has 2 N–H and O–H groups in total. The van der Waals surface area contributed by atoms with Gasteiger partial charge in [0.05, 0.1) is 12.5 Å². The molecule has 0 aliphatic carbocycles. The molecule has 4 heteroatoms. The highest BCUT2D eigenvalue weighted by molar-refractivity contribution is 6.09. The van der Waals surface area contributed by atoms with Crippen LogP contribution in [0.3, 0.4) is 0 Å². The van der Waals surface area contributed by atoms with Crippen LogP contribution in [0.2, 0.25) is 0 Å². The fourth-order valence-electron chi connectivity index (χ4n) is 2.57. The van der Waals surface area contributed by atoms with Crippen molar-refractivity contribution in [2.75, 3.05) is 4.90 Å². The summed E-state index contributed by atoms with van der Waals surface area (Å²) in [6, 6.07) is 15.0. The zero-order valence-electron chi connectivity index (χ0n) is 11.7. The molecule has 21 heavy (non-hydrogen) atoms. The van der Waals surface area contributed by atoms with E-state index in [0.29, 0.717) is 6.54 Å². The topological polar surface area (TPSA) is 63.4 Å². The van der Waals surface area contributed by atoms with Gasteiger partial charge in [0.2, 0.25) is 5.91 Å². The van der Waals surface area contributed by atoms with Gasteiger partial charge in [-0.25, -0.2) is 0 Å². The summed E-state index contributed by atoms with van der Waals surface area (Å²) in [5.74, 6) is -0.667. The summed E-state index contributed by atoms with van der Waals surface area (Å²) in [5.41, 5.74) is 8.79. The Hall–Kier alpha value is -2.62. The zero-order chi connectivity index (χ0) is 15.0. The van der Waals surface area contributed by atoms with Crippen LogP contribution in [0.1, 0.15) is 34.3 Å². The Bertz CT molecular complexity index is 707. The normalized spacial score (nSPS) is 14.9. The van der Waals surface area contributed by atoms with Gasteiger partial charge in [-0.2, -0.15) is 0 Å². The molecule has 1 atom stereocenters. The molecule has 0 bridgehead atoms. The fraction of sp³-hybridized carbons (Fsp3) is 0.176. The van der Waals surface area contributed by atoms with Gasteiger partial charge in [-0.05, 0) is 36.2 Å². The molecular formula is C17H16N2O2. The summed E-state index contributed by atoms with van der Waals surface area (Å²) >= 11 is 0. The van der Waals surface area contributed by atoms with Crippen LogP contribution in [-0.4, -0.2) is 11.8 Å². The van der Waals surface area contributed by atoms with Gasteiger partial charge in [-0.15, -0.1) is 0 Å². The van der Waals surface area contributed by atoms with Crippen molar-refractivity contribution in [3.8, 4) is 0 Å². The van der Waals surface area contributed by atoms with Crippen LogP contribution in [-0.2, 0) is 11.3 Å². The average molecular weight is 280 g/mol. The standard InChI is InChI=1S/C17H16N2O2/c1-11(16(18)20)12-6-8-14(9-7-12)19-10-13-4-2-3-5-15(13)17(19)21/h2-9,11H,10H2,1H3,(H2,18,20)/t11-/m0/s1. The molecule has 1 heterocycles. The van der Waals surface area contributed by atoms with Crippen molar-refractivity contribution in [2.45, 2.75) is 19.4 Å². The number of benzene rings is 2.